The molecule has 0 aliphatic heterocycles. The summed E-state index contributed by atoms with van der Waals surface area (Å²) < 4.78 is 0. The summed E-state index contributed by atoms with van der Waals surface area (Å²) in [5.74, 6) is 1.43. The zero-order valence-electron chi connectivity index (χ0n) is 9.95. The predicted octanol–water partition coefficient (Wildman–Crippen LogP) is 3.24. The van der Waals surface area contributed by atoms with Crippen LogP contribution in [0.15, 0.2) is 30.3 Å². The van der Waals surface area contributed by atoms with Crippen LogP contribution in [0.4, 0.5) is 0 Å². The SMILES string of the molecule is CCC(CN)CC(C)Cc1ccccc1. The van der Waals surface area contributed by atoms with Gasteiger partial charge in [-0.2, -0.15) is 0 Å². The Morgan fingerprint density at radius 3 is 2.40 bits per heavy atom. The van der Waals surface area contributed by atoms with Gasteiger partial charge in [-0.3, -0.25) is 0 Å². The van der Waals surface area contributed by atoms with Gasteiger partial charge in [-0.15, -0.1) is 0 Å². The van der Waals surface area contributed by atoms with Crippen molar-refractivity contribution in [3.8, 4) is 0 Å². The summed E-state index contributed by atoms with van der Waals surface area (Å²) >= 11 is 0. The molecule has 0 saturated heterocycles. The molecular weight excluding hydrogens is 182 g/mol. The van der Waals surface area contributed by atoms with E-state index in [0.29, 0.717) is 5.92 Å². The molecule has 1 heteroatoms. The standard InChI is InChI=1S/C14H23N/c1-3-13(11-15)9-12(2)10-14-7-5-4-6-8-14/h4-8,12-13H,3,9-11,15H2,1-2H3. The molecule has 0 aliphatic carbocycles. The normalized spacial score (nSPS) is 14.9. The van der Waals surface area contributed by atoms with Crippen molar-refractivity contribution >= 4 is 0 Å². The maximum atomic E-state index is 5.72. The molecule has 0 fully saturated rings. The molecule has 1 nitrogen and oxygen atoms in total. The van der Waals surface area contributed by atoms with E-state index in [4.69, 9.17) is 5.73 Å². The van der Waals surface area contributed by atoms with E-state index < -0.39 is 0 Å². The fourth-order valence-electron chi connectivity index (χ4n) is 2.10. The molecule has 1 aromatic carbocycles. The molecule has 0 spiro atoms. The Balaban J connectivity index is 2.39. The highest BCUT2D eigenvalue weighted by atomic mass is 14.5. The highest BCUT2D eigenvalue weighted by Gasteiger charge is 2.10. The average molecular weight is 205 g/mol. The number of rotatable bonds is 6. The maximum absolute atomic E-state index is 5.72. The van der Waals surface area contributed by atoms with Gasteiger partial charge in [-0.25, -0.2) is 0 Å². The van der Waals surface area contributed by atoms with Crippen LogP contribution in [0.1, 0.15) is 32.3 Å². The lowest BCUT2D eigenvalue weighted by Gasteiger charge is -2.18. The van der Waals surface area contributed by atoms with Gasteiger partial charge in [0, 0.05) is 0 Å². The highest BCUT2D eigenvalue weighted by molar-refractivity contribution is 5.15. The summed E-state index contributed by atoms with van der Waals surface area (Å²) in [7, 11) is 0. The van der Waals surface area contributed by atoms with Gasteiger partial charge in [-0.1, -0.05) is 50.6 Å². The first-order valence-electron chi connectivity index (χ1n) is 6.00. The van der Waals surface area contributed by atoms with Crippen LogP contribution in [-0.4, -0.2) is 6.54 Å². The monoisotopic (exact) mass is 205 g/mol. The second-order valence-corrected chi connectivity index (χ2v) is 4.54. The van der Waals surface area contributed by atoms with Crippen LogP contribution < -0.4 is 5.73 Å². The molecule has 0 aliphatic rings. The lowest BCUT2D eigenvalue weighted by molar-refractivity contribution is 0.385. The van der Waals surface area contributed by atoms with Crippen molar-refractivity contribution in [1.29, 1.82) is 0 Å². The number of hydrogen-bond acceptors (Lipinski definition) is 1. The van der Waals surface area contributed by atoms with E-state index in [1.807, 2.05) is 0 Å². The molecule has 0 aromatic heterocycles. The van der Waals surface area contributed by atoms with Crippen LogP contribution in [-0.2, 0) is 6.42 Å². The van der Waals surface area contributed by atoms with Gasteiger partial charge in [0.25, 0.3) is 0 Å². The van der Waals surface area contributed by atoms with Gasteiger partial charge in [0.05, 0.1) is 0 Å². The minimum Gasteiger partial charge on any atom is -0.330 e. The van der Waals surface area contributed by atoms with Gasteiger partial charge >= 0.3 is 0 Å². The summed E-state index contributed by atoms with van der Waals surface area (Å²) in [5.41, 5.74) is 7.17. The van der Waals surface area contributed by atoms with E-state index in [1.54, 1.807) is 0 Å². The van der Waals surface area contributed by atoms with Gasteiger partial charge in [0.1, 0.15) is 0 Å². The minimum absolute atomic E-state index is 0.698. The first kappa shape index (κ1) is 12.3. The zero-order chi connectivity index (χ0) is 11.1. The summed E-state index contributed by atoms with van der Waals surface area (Å²) in [5, 5.41) is 0. The number of benzene rings is 1. The Bertz CT molecular complexity index is 251. The van der Waals surface area contributed by atoms with Crippen LogP contribution in [0.3, 0.4) is 0 Å². The second-order valence-electron chi connectivity index (χ2n) is 4.54. The van der Waals surface area contributed by atoms with Gasteiger partial charge in [-0.05, 0) is 36.8 Å². The van der Waals surface area contributed by atoms with Gasteiger partial charge in [0.2, 0.25) is 0 Å². The molecule has 0 saturated carbocycles. The quantitative estimate of drug-likeness (QED) is 0.758. The van der Waals surface area contributed by atoms with E-state index in [-0.39, 0.29) is 0 Å². The predicted molar refractivity (Wildman–Crippen MR) is 66.8 cm³/mol. The summed E-state index contributed by atoms with van der Waals surface area (Å²) in [6.45, 7) is 5.38. The molecule has 2 N–H and O–H groups in total. The molecule has 84 valence electrons. The van der Waals surface area contributed by atoms with Crippen molar-refractivity contribution in [3.05, 3.63) is 35.9 Å². The third kappa shape index (κ3) is 4.48. The first-order chi connectivity index (χ1) is 7.26. The van der Waals surface area contributed by atoms with E-state index >= 15 is 0 Å². The molecule has 0 heterocycles. The van der Waals surface area contributed by atoms with Crippen molar-refractivity contribution in [2.45, 2.75) is 33.1 Å². The molecule has 15 heavy (non-hydrogen) atoms. The molecule has 0 amide bonds. The number of hydrogen-bond donors (Lipinski definition) is 1. The van der Waals surface area contributed by atoms with Crippen LogP contribution in [0, 0.1) is 11.8 Å². The van der Waals surface area contributed by atoms with Gasteiger partial charge < -0.3 is 5.73 Å². The Morgan fingerprint density at radius 1 is 1.20 bits per heavy atom. The topological polar surface area (TPSA) is 26.0 Å². The summed E-state index contributed by atoms with van der Waals surface area (Å²) in [4.78, 5) is 0. The lowest BCUT2D eigenvalue weighted by Crippen LogP contribution is -2.17. The average Bonchev–Trinajstić information content (AvgIpc) is 2.27. The summed E-state index contributed by atoms with van der Waals surface area (Å²) in [6.07, 6.45) is 3.63. The highest BCUT2D eigenvalue weighted by Crippen LogP contribution is 2.18. The molecule has 1 rings (SSSR count). The molecular formula is C14H23N. The van der Waals surface area contributed by atoms with Crippen LogP contribution in [0.2, 0.25) is 0 Å². The van der Waals surface area contributed by atoms with E-state index in [9.17, 15) is 0 Å². The smallest absolute Gasteiger partial charge is 0.00489 e. The molecule has 2 unspecified atom stereocenters. The fourth-order valence-corrected chi connectivity index (χ4v) is 2.10. The molecule has 1 aromatic rings. The molecule has 2 atom stereocenters. The van der Waals surface area contributed by atoms with Crippen LogP contribution >= 0.6 is 0 Å². The Labute approximate surface area is 93.7 Å². The van der Waals surface area contributed by atoms with Crippen molar-refractivity contribution in [1.82, 2.24) is 0 Å². The maximum Gasteiger partial charge on any atom is -0.00489 e. The third-order valence-electron chi connectivity index (χ3n) is 3.07. The lowest BCUT2D eigenvalue weighted by atomic mass is 9.89. The van der Waals surface area contributed by atoms with Gasteiger partial charge in [0.15, 0.2) is 0 Å². The largest absolute Gasteiger partial charge is 0.330 e. The van der Waals surface area contributed by atoms with E-state index in [1.165, 1.54) is 24.8 Å². The molecule has 0 radical (unpaired) electrons. The van der Waals surface area contributed by atoms with Crippen molar-refractivity contribution < 1.29 is 0 Å². The number of nitrogens with two attached hydrogens (primary N) is 1. The molecule has 0 bridgehead atoms. The minimum atomic E-state index is 0.698. The van der Waals surface area contributed by atoms with E-state index in [0.717, 1.165) is 12.5 Å². The Morgan fingerprint density at radius 2 is 1.87 bits per heavy atom. The van der Waals surface area contributed by atoms with Crippen molar-refractivity contribution in [3.63, 3.8) is 0 Å². The fraction of sp³-hybridized carbons (Fsp3) is 0.571. The third-order valence-corrected chi connectivity index (χ3v) is 3.07. The van der Waals surface area contributed by atoms with Crippen molar-refractivity contribution in [2.24, 2.45) is 17.6 Å². The summed E-state index contributed by atoms with van der Waals surface area (Å²) in [6, 6.07) is 10.7. The van der Waals surface area contributed by atoms with Crippen LogP contribution in [0.25, 0.3) is 0 Å². The zero-order valence-corrected chi connectivity index (χ0v) is 9.95. The van der Waals surface area contributed by atoms with Crippen molar-refractivity contribution in [2.75, 3.05) is 6.54 Å². The second kappa shape index (κ2) is 6.62. The van der Waals surface area contributed by atoms with E-state index in [2.05, 4.69) is 44.2 Å². The first-order valence-corrected chi connectivity index (χ1v) is 6.00. The Kier molecular flexibility index (Phi) is 5.41. The van der Waals surface area contributed by atoms with Crippen LogP contribution in [0.5, 0.6) is 0 Å². The Hall–Kier alpha value is -0.820.